The Kier molecular flexibility index (Phi) is 4.64. The Balaban J connectivity index is 1.75. The maximum absolute atomic E-state index is 12.7. The molecule has 1 aromatic heterocycles. The molecule has 6 heteroatoms. The van der Waals surface area contributed by atoms with Crippen LogP contribution >= 0.6 is 0 Å². The predicted molar refractivity (Wildman–Crippen MR) is 90.5 cm³/mol. The zero-order chi connectivity index (χ0) is 17.1. The Hall–Kier alpha value is -2.63. The van der Waals surface area contributed by atoms with E-state index in [2.05, 4.69) is 15.7 Å². The first-order valence-electron chi connectivity index (χ1n) is 8.19. The second-order valence-electron chi connectivity index (χ2n) is 6.27. The van der Waals surface area contributed by atoms with Crippen molar-refractivity contribution in [3.8, 4) is 0 Å². The Bertz CT molecular complexity index is 739. The zero-order valence-corrected chi connectivity index (χ0v) is 14.0. The number of carbonyl (C=O) groups excluding carboxylic acids is 2. The molecule has 1 saturated heterocycles. The molecule has 0 saturated carbocycles. The lowest BCUT2D eigenvalue weighted by Gasteiger charge is -2.30. The molecule has 0 bridgehead atoms. The predicted octanol–water partition coefficient (Wildman–Crippen LogP) is 1.41. The molecule has 3 rings (SSSR count). The maximum atomic E-state index is 12.7. The van der Waals surface area contributed by atoms with Gasteiger partial charge in [0.1, 0.15) is 0 Å². The molecule has 0 radical (unpaired) electrons. The summed E-state index contributed by atoms with van der Waals surface area (Å²) >= 11 is 0. The molecule has 2 unspecified atom stereocenters. The first kappa shape index (κ1) is 16.2. The van der Waals surface area contributed by atoms with E-state index in [9.17, 15) is 9.59 Å². The SMILES string of the molecule is CC1NC(=O)CCC1NC(=O)c1cnn(C)c1Cc1ccccc1. The minimum Gasteiger partial charge on any atom is -0.352 e. The van der Waals surface area contributed by atoms with Gasteiger partial charge in [0.15, 0.2) is 0 Å². The standard InChI is InChI=1S/C18H22N4O2/c1-12-15(8-9-17(23)20-12)21-18(24)14-11-19-22(2)16(14)10-13-6-4-3-5-7-13/h3-7,11-12,15H,8-10H2,1-2H3,(H,20,23)(H,21,24). The number of carbonyl (C=O) groups is 2. The van der Waals surface area contributed by atoms with Crippen molar-refractivity contribution < 1.29 is 9.59 Å². The molecule has 2 aromatic rings. The average Bonchev–Trinajstić information content (AvgIpc) is 2.92. The van der Waals surface area contributed by atoms with Crippen LogP contribution < -0.4 is 10.6 Å². The second kappa shape index (κ2) is 6.86. The molecule has 0 aliphatic carbocycles. The third kappa shape index (κ3) is 3.48. The normalized spacial score (nSPS) is 20.5. The van der Waals surface area contributed by atoms with Crippen molar-refractivity contribution in [1.82, 2.24) is 20.4 Å². The number of aryl methyl sites for hydroxylation is 1. The number of rotatable bonds is 4. The summed E-state index contributed by atoms with van der Waals surface area (Å²) in [5.74, 6) is -0.0961. The van der Waals surface area contributed by atoms with Crippen LogP contribution in [-0.4, -0.2) is 33.7 Å². The van der Waals surface area contributed by atoms with Gasteiger partial charge in [0.05, 0.1) is 17.5 Å². The van der Waals surface area contributed by atoms with E-state index in [4.69, 9.17) is 0 Å². The summed E-state index contributed by atoms with van der Waals surface area (Å²) < 4.78 is 1.74. The third-order valence-corrected chi connectivity index (χ3v) is 4.51. The number of hydrogen-bond donors (Lipinski definition) is 2. The summed E-state index contributed by atoms with van der Waals surface area (Å²) in [6, 6.07) is 9.89. The van der Waals surface area contributed by atoms with E-state index in [0.29, 0.717) is 24.8 Å². The molecule has 2 heterocycles. The van der Waals surface area contributed by atoms with E-state index in [-0.39, 0.29) is 23.9 Å². The van der Waals surface area contributed by atoms with Crippen LogP contribution in [0.2, 0.25) is 0 Å². The van der Waals surface area contributed by atoms with Crippen LogP contribution in [-0.2, 0) is 18.3 Å². The van der Waals surface area contributed by atoms with Crippen molar-refractivity contribution in [2.45, 2.75) is 38.3 Å². The van der Waals surface area contributed by atoms with Crippen LogP contribution in [0.25, 0.3) is 0 Å². The number of nitrogens with zero attached hydrogens (tertiary/aromatic N) is 2. The van der Waals surface area contributed by atoms with Crippen molar-refractivity contribution in [2.75, 3.05) is 0 Å². The van der Waals surface area contributed by atoms with Crippen molar-refractivity contribution in [3.05, 3.63) is 53.3 Å². The number of aromatic nitrogens is 2. The Morgan fingerprint density at radius 2 is 2.12 bits per heavy atom. The van der Waals surface area contributed by atoms with Gasteiger partial charge in [-0.1, -0.05) is 30.3 Å². The molecule has 1 aromatic carbocycles. The summed E-state index contributed by atoms with van der Waals surface area (Å²) in [5.41, 5.74) is 2.60. The summed E-state index contributed by atoms with van der Waals surface area (Å²) in [6.07, 6.45) is 3.36. The zero-order valence-electron chi connectivity index (χ0n) is 14.0. The van der Waals surface area contributed by atoms with Gasteiger partial charge in [-0.25, -0.2) is 0 Å². The number of benzene rings is 1. The van der Waals surface area contributed by atoms with Gasteiger partial charge in [0, 0.05) is 32.0 Å². The van der Waals surface area contributed by atoms with Gasteiger partial charge in [0.2, 0.25) is 5.91 Å². The molecule has 126 valence electrons. The van der Waals surface area contributed by atoms with Crippen LogP contribution in [0, 0.1) is 0 Å². The molecule has 6 nitrogen and oxygen atoms in total. The van der Waals surface area contributed by atoms with Gasteiger partial charge in [-0.05, 0) is 18.9 Å². The Labute approximate surface area is 141 Å². The minimum absolute atomic E-state index is 0.0409. The fraction of sp³-hybridized carbons (Fsp3) is 0.389. The first-order valence-corrected chi connectivity index (χ1v) is 8.19. The van der Waals surface area contributed by atoms with Crippen molar-refractivity contribution in [3.63, 3.8) is 0 Å². The molecule has 24 heavy (non-hydrogen) atoms. The lowest BCUT2D eigenvalue weighted by Crippen LogP contribution is -2.54. The molecule has 0 spiro atoms. The monoisotopic (exact) mass is 326 g/mol. The van der Waals surface area contributed by atoms with E-state index in [1.165, 1.54) is 0 Å². The smallest absolute Gasteiger partial charge is 0.255 e. The maximum Gasteiger partial charge on any atom is 0.255 e. The summed E-state index contributed by atoms with van der Waals surface area (Å²) in [7, 11) is 1.85. The number of nitrogens with one attached hydrogen (secondary N) is 2. The molecule has 1 aliphatic heterocycles. The van der Waals surface area contributed by atoms with Gasteiger partial charge in [0.25, 0.3) is 5.91 Å². The van der Waals surface area contributed by atoms with Crippen LogP contribution in [0.4, 0.5) is 0 Å². The fourth-order valence-corrected chi connectivity index (χ4v) is 3.06. The molecule has 1 fully saturated rings. The fourth-order valence-electron chi connectivity index (χ4n) is 3.06. The van der Waals surface area contributed by atoms with E-state index < -0.39 is 0 Å². The topological polar surface area (TPSA) is 76.0 Å². The van der Waals surface area contributed by atoms with Gasteiger partial charge >= 0.3 is 0 Å². The summed E-state index contributed by atoms with van der Waals surface area (Å²) in [6.45, 7) is 1.91. The van der Waals surface area contributed by atoms with Crippen LogP contribution in [0.3, 0.4) is 0 Å². The highest BCUT2D eigenvalue weighted by molar-refractivity contribution is 5.95. The lowest BCUT2D eigenvalue weighted by molar-refractivity contribution is -0.123. The lowest BCUT2D eigenvalue weighted by atomic mass is 9.98. The first-order chi connectivity index (χ1) is 11.5. The van der Waals surface area contributed by atoms with E-state index in [0.717, 1.165) is 11.3 Å². The van der Waals surface area contributed by atoms with Crippen LogP contribution in [0.1, 0.15) is 41.4 Å². The second-order valence-corrected chi connectivity index (χ2v) is 6.27. The minimum atomic E-state index is -0.137. The molecule has 2 amide bonds. The highest BCUT2D eigenvalue weighted by atomic mass is 16.2. The van der Waals surface area contributed by atoms with Crippen molar-refractivity contribution >= 4 is 11.8 Å². The molecule has 2 atom stereocenters. The highest BCUT2D eigenvalue weighted by Gasteiger charge is 2.28. The summed E-state index contributed by atoms with van der Waals surface area (Å²) in [4.78, 5) is 24.1. The van der Waals surface area contributed by atoms with Gasteiger partial charge in [-0.3, -0.25) is 14.3 Å². The molecule has 1 aliphatic rings. The highest BCUT2D eigenvalue weighted by Crippen LogP contribution is 2.16. The van der Waals surface area contributed by atoms with Crippen LogP contribution in [0.15, 0.2) is 36.5 Å². The number of piperidine rings is 1. The number of hydrogen-bond acceptors (Lipinski definition) is 3. The molecular weight excluding hydrogens is 304 g/mol. The van der Waals surface area contributed by atoms with Crippen LogP contribution in [0.5, 0.6) is 0 Å². The Morgan fingerprint density at radius 1 is 1.38 bits per heavy atom. The van der Waals surface area contributed by atoms with Gasteiger partial charge in [-0.15, -0.1) is 0 Å². The van der Waals surface area contributed by atoms with E-state index in [1.807, 2.05) is 44.3 Å². The quantitative estimate of drug-likeness (QED) is 0.892. The van der Waals surface area contributed by atoms with Gasteiger partial charge < -0.3 is 10.6 Å². The third-order valence-electron chi connectivity index (χ3n) is 4.51. The Morgan fingerprint density at radius 3 is 2.83 bits per heavy atom. The largest absolute Gasteiger partial charge is 0.352 e. The summed E-state index contributed by atoms with van der Waals surface area (Å²) in [5, 5.41) is 10.2. The van der Waals surface area contributed by atoms with E-state index in [1.54, 1.807) is 10.9 Å². The average molecular weight is 326 g/mol. The number of amides is 2. The van der Waals surface area contributed by atoms with E-state index >= 15 is 0 Å². The van der Waals surface area contributed by atoms with Gasteiger partial charge in [-0.2, -0.15) is 5.10 Å². The molecule has 2 N–H and O–H groups in total. The van der Waals surface area contributed by atoms with Crippen molar-refractivity contribution in [2.24, 2.45) is 7.05 Å². The molecular formula is C18H22N4O2. The van der Waals surface area contributed by atoms with Crippen molar-refractivity contribution in [1.29, 1.82) is 0 Å².